The van der Waals surface area contributed by atoms with Crippen molar-refractivity contribution >= 4 is 17.6 Å². The molecule has 6 heteroatoms. The number of aryl methyl sites for hydroxylation is 1. The van der Waals surface area contributed by atoms with Gasteiger partial charge in [0.1, 0.15) is 0 Å². The van der Waals surface area contributed by atoms with Gasteiger partial charge in [0.2, 0.25) is 5.28 Å². The number of carbonyl (C=O) groups excluding carboxylic acids is 1. The van der Waals surface area contributed by atoms with Crippen LogP contribution < -0.4 is 4.74 Å². The fourth-order valence-electron chi connectivity index (χ4n) is 2.71. The third kappa shape index (κ3) is 4.57. The maximum Gasteiger partial charge on any atom is 0.309 e. The number of rotatable bonds is 5. The molecule has 122 valence electrons. The van der Waals surface area contributed by atoms with E-state index in [9.17, 15) is 4.79 Å². The minimum Gasteiger partial charge on any atom is -0.487 e. The van der Waals surface area contributed by atoms with Gasteiger partial charge in [0.15, 0.2) is 5.75 Å². The van der Waals surface area contributed by atoms with Crippen LogP contribution in [0.3, 0.4) is 0 Å². The third-order valence-electron chi connectivity index (χ3n) is 3.74. The SMILES string of the molecule is CCc1nc(Cl)ncc1O[C@H]1CCC[C@H](C(=O)OC(C)C)C1. The summed E-state index contributed by atoms with van der Waals surface area (Å²) in [4.78, 5) is 20.2. The van der Waals surface area contributed by atoms with Crippen LogP contribution in [0.5, 0.6) is 5.75 Å². The van der Waals surface area contributed by atoms with Crippen LogP contribution in [0.1, 0.15) is 52.1 Å². The molecule has 0 amide bonds. The summed E-state index contributed by atoms with van der Waals surface area (Å²) in [6.07, 6.45) is 5.68. The van der Waals surface area contributed by atoms with Crippen molar-refractivity contribution < 1.29 is 14.3 Å². The number of hydrogen-bond donors (Lipinski definition) is 0. The van der Waals surface area contributed by atoms with E-state index in [4.69, 9.17) is 21.1 Å². The molecule has 1 aromatic rings. The van der Waals surface area contributed by atoms with E-state index in [1.54, 1.807) is 6.20 Å². The highest BCUT2D eigenvalue weighted by molar-refractivity contribution is 6.28. The van der Waals surface area contributed by atoms with Crippen LogP contribution in [0.2, 0.25) is 5.28 Å². The van der Waals surface area contributed by atoms with Crippen molar-refractivity contribution in [2.24, 2.45) is 5.92 Å². The standard InChI is InChI=1S/C16H23ClN2O3/c1-4-13-14(9-18-16(17)19-13)22-12-7-5-6-11(8-12)15(20)21-10(2)3/h9-12H,4-8H2,1-3H3/t11-,12-/m0/s1. The summed E-state index contributed by atoms with van der Waals surface area (Å²) >= 11 is 5.81. The van der Waals surface area contributed by atoms with E-state index in [-0.39, 0.29) is 29.4 Å². The molecule has 0 saturated heterocycles. The van der Waals surface area contributed by atoms with Crippen molar-refractivity contribution in [1.82, 2.24) is 9.97 Å². The first-order valence-corrected chi connectivity index (χ1v) is 8.26. The summed E-state index contributed by atoms with van der Waals surface area (Å²) in [7, 11) is 0. The van der Waals surface area contributed by atoms with Gasteiger partial charge in [-0.05, 0) is 57.6 Å². The number of nitrogens with zero attached hydrogens (tertiary/aromatic N) is 2. The zero-order valence-electron chi connectivity index (χ0n) is 13.3. The van der Waals surface area contributed by atoms with Gasteiger partial charge in [-0.1, -0.05) is 6.92 Å². The second-order valence-corrected chi connectivity index (χ2v) is 6.23. The number of halogens is 1. The Hall–Kier alpha value is -1.36. The molecule has 1 saturated carbocycles. The summed E-state index contributed by atoms with van der Waals surface area (Å²) < 4.78 is 11.3. The number of aromatic nitrogens is 2. The minimum atomic E-state index is -0.119. The molecular formula is C16H23ClN2O3. The van der Waals surface area contributed by atoms with Crippen LogP contribution in [0.4, 0.5) is 0 Å². The number of carbonyl (C=O) groups is 1. The fourth-order valence-corrected chi connectivity index (χ4v) is 2.86. The van der Waals surface area contributed by atoms with E-state index in [2.05, 4.69) is 9.97 Å². The summed E-state index contributed by atoms with van der Waals surface area (Å²) in [5.41, 5.74) is 0.798. The Morgan fingerprint density at radius 2 is 2.23 bits per heavy atom. The Bertz CT molecular complexity index is 522. The molecule has 1 aliphatic rings. The van der Waals surface area contributed by atoms with Crippen LogP contribution in [0, 0.1) is 5.92 Å². The lowest BCUT2D eigenvalue weighted by Crippen LogP contribution is -2.32. The first-order chi connectivity index (χ1) is 10.5. The second kappa shape index (κ2) is 7.77. The van der Waals surface area contributed by atoms with Gasteiger partial charge in [-0.25, -0.2) is 9.97 Å². The minimum absolute atomic E-state index is 0.00598. The van der Waals surface area contributed by atoms with Gasteiger partial charge < -0.3 is 9.47 Å². The Balaban J connectivity index is 2.00. The highest BCUT2D eigenvalue weighted by Gasteiger charge is 2.30. The lowest BCUT2D eigenvalue weighted by atomic mass is 9.87. The molecule has 1 heterocycles. The highest BCUT2D eigenvalue weighted by Crippen LogP contribution is 2.30. The smallest absolute Gasteiger partial charge is 0.309 e. The van der Waals surface area contributed by atoms with E-state index < -0.39 is 0 Å². The summed E-state index contributed by atoms with van der Waals surface area (Å²) in [6.45, 7) is 5.73. The molecule has 2 rings (SSSR count). The van der Waals surface area contributed by atoms with Gasteiger partial charge in [0.05, 0.1) is 30.0 Å². The maximum absolute atomic E-state index is 12.1. The molecule has 22 heavy (non-hydrogen) atoms. The molecule has 2 atom stereocenters. The summed E-state index contributed by atoms with van der Waals surface area (Å²) in [6, 6.07) is 0. The van der Waals surface area contributed by atoms with Crippen molar-refractivity contribution in [2.45, 2.75) is 65.1 Å². The van der Waals surface area contributed by atoms with Gasteiger partial charge >= 0.3 is 5.97 Å². The van der Waals surface area contributed by atoms with Gasteiger partial charge in [0, 0.05) is 0 Å². The molecule has 1 aliphatic carbocycles. The van der Waals surface area contributed by atoms with Crippen LogP contribution >= 0.6 is 11.6 Å². The molecule has 0 unspecified atom stereocenters. The molecular weight excluding hydrogens is 304 g/mol. The molecule has 0 radical (unpaired) electrons. The normalized spacial score (nSPS) is 21.7. The monoisotopic (exact) mass is 326 g/mol. The van der Waals surface area contributed by atoms with Crippen molar-refractivity contribution in [2.75, 3.05) is 0 Å². The Morgan fingerprint density at radius 1 is 1.45 bits per heavy atom. The highest BCUT2D eigenvalue weighted by atomic mass is 35.5. The van der Waals surface area contributed by atoms with E-state index in [0.717, 1.165) is 31.4 Å². The largest absolute Gasteiger partial charge is 0.487 e. The quantitative estimate of drug-likeness (QED) is 0.611. The van der Waals surface area contributed by atoms with Crippen molar-refractivity contribution in [1.29, 1.82) is 0 Å². The van der Waals surface area contributed by atoms with Gasteiger partial charge in [-0.15, -0.1) is 0 Å². The van der Waals surface area contributed by atoms with Crippen LogP contribution in [-0.2, 0) is 16.0 Å². The number of hydrogen-bond acceptors (Lipinski definition) is 5. The van der Waals surface area contributed by atoms with E-state index >= 15 is 0 Å². The van der Waals surface area contributed by atoms with Crippen LogP contribution in [0.15, 0.2) is 6.20 Å². The molecule has 0 spiro atoms. The second-order valence-electron chi connectivity index (χ2n) is 5.89. The zero-order chi connectivity index (χ0) is 16.1. The topological polar surface area (TPSA) is 61.3 Å². The van der Waals surface area contributed by atoms with E-state index in [0.29, 0.717) is 12.2 Å². The van der Waals surface area contributed by atoms with Gasteiger partial charge in [-0.3, -0.25) is 4.79 Å². The Morgan fingerprint density at radius 3 is 2.91 bits per heavy atom. The van der Waals surface area contributed by atoms with Crippen molar-refractivity contribution in [3.05, 3.63) is 17.2 Å². The lowest BCUT2D eigenvalue weighted by Gasteiger charge is -2.29. The number of esters is 1. The molecule has 0 N–H and O–H groups in total. The molecule has 0 aromatic carbocycles. The first-order valence-electron chi connectivity index (χ1n) is 7.88. The molecule has 5 nitrogen and oxygen atoms in total. The lowest BCUT2D eigenvalue weighted by molar-refractivity contribution is -0.154. The van der Waals surface area contributed by atoms with Crippen LogP contribution in [-0.4, -0.2) is 28.1 Å². The predicted octanol–water partition coefficient (Wildman–Crippen LogP) is 3.58. The van der Waals surface area contributed by atoms with Gasteiger partial charge in [-0.2, -0.15) is 0 Å². The molecule has 0 bridgehead atoms. The average Bonchev–Trinajstić information content (AvgIpc) is 2.48. The van der Waals surface area contributed by atoms with E-state index in [1.807, 2.05) is 20.8 Å². The Labute approximate surface area is 136 Å². The Kier molecular flexibility index (Phi) is 6.00. The van der Waals surface area contributed by atoms with Crippen molar-refractivity contribution in [3.8, 4) is 5.75 Å². The first kappa shape index (κ1) is 17.0. The van der Waals surface area contributed by atoms with Crippen LogP contribution in [0.25, 0.3) is 0 Å². The molecule has 1 aromatic heterocycles. The third-order valence-corrected chi connectivity index (χ3v) is 3.92. The summed E-state index contributed by atoms with van der Waals surface area (Å²) in [5.74, 6) is 0.459. The fraction of sp³-hybridized carbons (Fsp3) is 0.688. The van der Waals surface area contributed by atoms with E-state index in [1.165, 1.54) is 0 Å². The molecule has 1 fully saturated rings. The zero-order valence-corrected chi connectivity index (χ0v) is 14.1. The predicted molar refractivity (Wildman–Crippen MR) is 84.0 cm³/mol. The maximum atomic E-state index is 12.1. The summed E-state index contributed by atoms with van der Waals surface area (Å²) in [5, 5.41) is 0.228. The van der Waals surface area contributed by atoms with Crippen molar-refractivity contribution in [3.63, 3.8) is 0 Å². The molecule has 0 aliphatic heterocycles. The average molecular weight is 327 g/mol. The van der Waals surface area contributed by atoms with Gasteiger partial charge in [0.25, 0.3) is 0 Å². The number of ether oxygens (including phenoxy) is 2.